The highest BCUT2D eigenvalue weighted by Gasteiger charge is 2.24. The van der Waals surface area contributed by atoms with Gasteiger partial charge in [-0.1, -0.05) is 22.4 Å². The monoisotopic (exact) mass is 359 g/mol. The van der Waals surface area contributed by atoms with Crippen molar-refractivity contribution in [1.82, 2.24) is 4.90 Å². The Morgan fingerprint density at radius 3 is 2.60 bits per heavy atom. The first-order chi connectivity index (χ1) is 9.53. The zero-order chi connectivity index (χ0) is 14.6. The van der Waals surface area contributed by atoms with E-state index in [-0.39, 0.29) is 11.8 Å². The Labute approximate surface area is 128 Å². The first-order valence-electron chi connectivity index (χ1n) is 6.70. The van der Waals surface area contributed by atoms with Crippen LogP contribution in [0, 0.1) is 0 Å². The van der Waals surface area contributed by atoms with Gasteiger partial charge in [-0.15, -0.1) is 0 Å². The first kappa shape index (κ1) is 15.7. The second-order valence-electron chi connectivity index (χ2n) is 5.01. The third-order valence-corrected chi connectivity index (χ3v) is 5.88. The summed E-state index contributed by atoms with van der Waals surface area (Å²) in [7, 11) is -3.29. The summed E-state index contributed by atoms with van der Waals surface area (Å²) in [4.78, 5) is 13.3. The van der Waals surface area contributed by atoms with Gasteiger partial charge in [-0.2, -0.15) is 0 Å². The first-order valence-corrected chi connectivity index (χ1v) is 9.15. The molecule has 4 nitrogen and oxygen atoms in total. The van der Waals surface area contributed by atoms with Gasteiger partial charge in [-0.05, 0) is 43.7 Å². The van der Waals surface area contributed by atoms with Crippen LogP contribution in [0.5, 0.6) is 0 Å². The predicted molar refractivity (Wildman–Crippen MR) is 81.5 cm³/mol. The van der Waals surface area contributed by atoms with E-state index in [0.717, 1.165) is 36.6 Å². The molecule has 1 fully saturated rings. The van der Waals surface area contributed by atoms with Gasteiger partial charge < -0.3 is 4.79 Å². The van der Waals surface area contributed by atoms with Gasteiger partial charge in [0.2, 0.25) is 0 Å². The molecule has 0 aliphatic carbocycles. The van der Waals surface area contributed by atoms with Crippen molar-refractivity contribution in [2.45, 2.75) is 30.2 Å². The molecule has 20 heavy (non-hydrogen) atoms. The molecular weight excluding hydrogens is 342 g/mol. The number of nitrogens with zero attached hydrogens (tertiary/aromatic N) is 1. The number of likely N-dealkylation sites (tertiary alicyclic amines) is 1. The van der Waals surface area contributed by atoms with Gasteiger partial charge in [-0.25, -0.2) is 8.42 Å². The maximum atomic E-state index is 12.3. The number of halogens is 1. The average molecular weight is 360 g/mol. The van der Waals surface area contributed by atoms with Crippen LogP contribution in [-0.2, 0) is 14.6 Å². The molecule has 0 radical (unpaired) electrons. The van der Waals surface area contributed by atoms with Crippen LogP contribution >= 0.6 is 15.9 Å². The van der Waals surface area contributed by atoms with E-state index in [0.29, 0.717) is 11.4 Å². The highest BCUT2D eigenvalue weighted by molar-refractivity contribution is 9.10. The van der Waals surface area contributed by atoms with E-state index in [1.54, 1.807) is 24.3 Å². The number of carbonyl (C=O) groups is 1. The van der Waals surface area contributed by atoms with E-state index < -0.39 is 9.84 Å². The smallest absolute Gasteiger partial charge is 0.179 e. The van der Waals surface area contributed by atoms with E-state index in [2.05, 4.69) is 15.9 Å². The fourth-order valence-corrected chi connectivity index (χ4v) is 3.97. The molecule has 1 aromatic rings. The molecule has 0 aromatic heterocycles. The number of carbonyl (C=O) groups excluding carboxylic acids is 1. The van der Waals surface area contributed by atoms with Gasteiger partial charge in [0.15, 0.2) is 9.84 Å². The van der Waals surface area contributed by atoms with Crippen molar-refractivity contribution < 1.29 is 13.2 Å². The van der Waals surface area contributed by atoms with Crippen LogP contribution in [0.15, 0.2) is 33.6 Å². The van der Waals surface area contributed by atoms with Crippen molar-refractivity contribution in [3.05, 3.63) is 28.7 Å². The molecule has 1 aliphatic rings. The molecule has 110 valence electrons. The molecule has 0 spiro atoms. The number of piperidine rings is 1. The lowest BCUT2D eigenvalue weighted by molar-refractivity contribution is -0.113. The van der Waals surface area contributed by atoms with E-state index in [9.17, 15) is 13.2 Å². The zero-order valence-corrected chi connectivity index (χ0v) is 13.6. The van der Waals surface area contributed by atoms with Crippen LogP contribution in [0.25, 0.3) is 0 Å². The largest absolute Gasteiger partial charge is 0.302 e. The number of hydrogen-bond acceptors (Lipinski definition) is 4. The number of benzene rings is 1. The molecule has 0 saturated carbocycles. The number of aldehydes is 1. The third-order valence-electron chi connectivity index (χ3n) is 3.64. The lowest BCUT2D eigenvalue weighted by Crippen LogP contribution is -2.42. The minimum absolute atomic E-state index is 0.0545. The summed E-state index contributed by atoms with van der Waals surface area (Å²) < 4.78 is 25.4. The number of sulfone groups is 1. The van der Waals surface area contributed by atoms with Crippen molar-refractivity contribution in [1.29, 1.82) is 0 Å². The van der Waals surface area contributed by atoms with Crippen molar-refractivity contribution in [2.24, 2.45) is 0 Å². The van der Waals surface area contributed by atoms with Crippen LogP contribution in [-0.4, -0.2) is 44.5 Å². The molecule has 0 amide bonds. The van der Waals surface area contributed by atoms with Crippen molar-refractivity contribution >= 4 is 32.1 Å². The molecule has 1 atom stereocenters. The Morgan fingerprint density at radius 1 is 1.25 bits per heavy atom. The second-order valence-corrected chi connectivity index (χ2v) is 8.03. The highest BCUT2D eigenvalue weighted by atomic mass is 79.9. The highest BCUT2D eigenvalue weighted by Crippen LogP contribution is 2.18. The van der Waals surface area contributed by atoms with Gasteiger partial charge in [0.1, 0.15) is 6.29 Å². The molecule has 1 saturated heterocycles. The van der Waals surface area contributed by atoms with Crippen LogP contribution in [0.1, 0.15) is 19.3 Å². The van der Waals surface area contributed by atoms with Crippen molar-refractivity contribution in [2.75, 3.05) is 18.8 Å². The second kappa shape index (κ2) is 6.83. The fraction of sp³-hybridized carbons (Fsp3) is 0.500. The lowest BCUT2D eigenvalue weighted by Gasteiger charge is -2.31. The topological polar surface area (TPSA) is 54.5 Å². The lowest BCUT2D eigenvalue weighted by atomic mass is 10.0. The molecule has 1 aliphatic heterocycles. The molecule has 6 heteroatoms. The number of rotatable bonds is 5. The summed E-state index contributed by atoms with van der Waals surface area (Å²) in [6.07, 6.45) is 3.84. The molecule has 1 heterocycles. The Morgan fingerprint density at radius 2 is 1.95 bits per heavy atom. The predicted octanol–water partition coefficient (Wildman–Crippen LogP) is 2.28. The van der Waals surface area contributed by atoms with Crippen LogP contribution in [0.4, 0.5) is 0 Å². The van der Waals surface area contributed by atoms with Crippen molar-refractivity contribution in [3.8, 4) is 0 Å². The molecule has 0 N–H and O–H groups in total. The van der Waals surface area contributed by atoms with Gasteiger partial charge >= 0.3 is 0 Å². The maximum absolute atomic E-state index is 12.3. The minimum Gasteiger partial charge on any atom is -0.302 e. The quantitative estimate of drug-likeness (QED) is 0.756. The molecule has 2 rings (SSSR count). The van der Waals surface area contributed by atoms with E-state index in [1.807, 2.05) is 4.90 Å². The summed E-state index contributed by atoms with van der Waals surface area (Å²) in [5.41, 5.74) is 0. The summed E-state index contributed by atoms with van der Waals surface area (Å²) in [6.45, 7) is 1.22. The Hall–Kier alpha value is -0.720. The normalized spacial score (nSPS) is 20.8. The standard InChI is InChI=1S/C14H18BrNO3S/c15-12-4-6-14(7-5-12)20(18,19)10-9-16-8-2-1-3-13(16)11-17/h4-7,11,13H,1-3,8-10H2. The van der Waals surface area contributed by atoms with Gasteiger partial charge in [0.05, 0.1) is 16.7 Å². The fourth-order valence-electron chi connectivity index (χ4n) is 2.45. The Bertz CT molecular complexity index is 556. The maximum Gasteiger partial charge on any atom is 0.179 e. The Kier molecular flexibility index (Phi) is 5.35. The summed E-state index contributed by atoms with van der Waals surface area (Å²) in [6, 6.07) is 6.53. The molecule has 1 unspecified atom stereocenters. The summed E-state index contributed by atoms with van der Waals surface area (Å²) in [5.74, 6) is 0.0545. The zero-order valence-electron chi connectivity index (χ0n) is 11.2. The van der Waals surface area contributed by atoms with Crippen molar-refractivity contribution in [3.63, 3.8) is 0 Å². The van der Waals surface area contributed by atoms with Crippen LogP contribution < -0.4 is 0 Å². The average Bonchev–Trinajstić information content (AvgIpc) is 2.46. The van der Waals surface area contributed by atoms with Gasteiger partial charge in [0, 0.05) is 11.0 Å². The van der Waals surface area contributed by atoms with E-state index in [4.69, 9.17) is 0 Å². The van der Waals surface area contributed by atoms with E-state index in [1.165, 1.54) is 0 Å². The number of hydrogen-bond donors (Lipinski definition) is 0. The third kappa shape index (κ3) is 3.90. The SMILES string of the molecule is O=CC1CCCCN1CCS(=O)(=O)c1ccc(Br)cc1. The van der Waals surface area contributed by atoms with Crippen LogP contribution in [0.3, 0.4) is 0 Å². The molecule has 1 aromatic carbocycles. The van der Waals surface area contributed by atoms with E-state index >= 15 is 0 Å². The summed E-state index contributed by atoms with van der Waals surface area (Å²) in [5, 5.41) is 0. The molecular formula is C14H18BrNO3S. The molecule has 0 bridgehead atoms. The Balaban J connectivity index is 2.01. The minimum atomic E-state index is -3.29. The van der Waals surface area contributed by atoms with Gasteiger partial charge in [-0.3, -0.25) is 4.90 Å². The van der Waals surface area contributed by atoms with Gasteiger partial charge in [0.25, 0.3) is 0 Å². The summed E-state index contributed by atoms with van der Waals surface area (Å²) >= 11 is 3.29. The van der Waals surface area contributed by atoms with Crippen LogP contribution in [0.2, 0.25) is 0 Å².